The van der Waals surface area contributed by atoms with Gasteiger partial charge in [-0.2, -0.15) is 0 Å². The molecule has 0 saturated heterocycles. The van der Waals surface area contributed by atoms with Gasteiger partial charge in [-0.15, -0.1) is 0 Å². The summed E-state index contributed by atoms with van der Waals surface area (Å²) in [5.74, 6) is 1.06. The molecule has 0 amide bonds. The van der Waals surface area contributed by atoms with Crippen LogP contribution in [-0.2, 0) is 16.4 Å². The number of hydrogen-bond donors (Lipinski definition) is 1. The first-order chi connectivity index (χ1) is 9.40. The summed E-state index contributed by atoms with van der Waals surface area (Å²) < 4.78 is 29.7. The van der Waals surface area contributed by atoms with Gasteiger partial charge in [-0.1, -0.05) is 28.1 Å². The van der Waals surface area contributed by atoms with Gasteiger partial charge in [-0.3, -0.25) is 0 Å². The molecule has 20 heavy (non-hydrogen) atoms. The van der Waals surface area contributed by atoms with Gasteiger partial charge in [0, 0.05) is 22.8 Å². The minimum Gasteiger partial charge on any atom is -0.457 e. The molecule has 0 aliphatic heterocycles. The molecule has 2 rings (SSSR count). The molecule has 2 aromatic carbocycles. The van der Waals surface area contributed by atoms with E-state index in [2.05, 4.69) is 15.9 Å². The number of sulfone groups is 1. The Bertz CT molecular complexity index is 729. The van der Waals surface area contributed by atoms with Crippen LogP contribution in [0.15, 0.2) is 51.8 Å². The number of nitrogens with two attached hydrogens (primary N) is 1. The van der Waals surface area contributed by atoms with E-state index in [-0.39, 0.29) is 4.90 Å². The molecule has 0 spiro atoms. The molecule has 106 valence electrons. The Labute approximate surface area is 126 Å². The third-order valence-corrected chi connectivity index (χ3v) is 4.31. The number of halogens is 1. The van der Waals surface area contributed by atoms with Crippen LogP contribution in [-0.4, -0.2) is 14.7 Å². The standard InChI is InChI=1S/C14H14BrNO3S/c1-20(17,18)13-4-2-3-12(8-13)19-14-7-11(15)6-5-10(14)9-16/h2-8H,9,16H2,1H3. The molecule has 0 heterocycles. The van der Waals surface area contributed by atoms with Crippen molar-refractivity contribution in [3.63, 3.8) is 0 Å². The highest BCUT2D eigenvalue weighted by Crippen LogP contribution is 2.29. The van der Waals surface area contributed by atoms with Gasteiger partial charge >= 0.3 is 0 Å². The Kier molecular flexibility index (Phi) is 4.47. The van der Waals surface area contributed by atoms with Crippen LogP contribution in [0.4, 0.5) is 0 Å². The van der Waals surface area contributed by atoms with Gasteiger partial charge in [0.2, 0.25) is 0 Å². The van der Waals surface area contributed by atoms with Crippen molar-refractivity contribution in [2.45, 2.75) is 11.4 Å². The van der Waals surface area contributed by atoms with Crippen LogP contribution in [0.5, 0.6) is 11.5 Å². The van der Waals surface area contributed by atoms with Crippen LogP contribution in [0, 0.1) is 0 Å². The Morgan fingerprint density at radius 3 is 2.60 bits per heavy atom. The maximum atomic E-state index is 11.5. The molecule has 0 bridgehead atoms. The van der Waals surface area contributed by atoms with E-state index < -0.39 is 9.84 Å². The Hall–Kier alpha value is -1.37. The van der Waals surface area contributed by atoms with Crippen LogP contribution < -0.4 is 10.5 Å². The van der Waals surface area contributed by atoms with Crippen LogP contribution >= 0.6 is 15.9 Å². The third kappa shape index (κ3) is 3.59. The predicted octanol–water partition coefficient (Wildman–Crippen LogP) is 3.10. The van der Waals surface area contributed by atoms with E-state index in [0.717, 1.165) is 16.3 Å². The summed E-state index contributed by atoms with van der Waals surface area (Å²) >= 11 is 3.37. The molecule has 0 fully saturated rings. The van der Waals surface area contributed by atoms with E-state index in [1.54, 1.807) is 18.2 Å². The Morgan fingerprint density at radius 2 is 1.95 bits per heavy atom. The van der Waals surface area contributed by atoms with Crippen LogP contribution in [0.1, 0.15) is 5.56 Å². The monoisotopic (exact) mass is 355 g/mol. The molecular formula is C14H14BrNO3S. The molecule has 0 aliphatic carbocycles. The second-order valence-corrected chi connectivity index (χ2v) is 7.24. The minimum absolute atomic E-state index is 0.222. The van der Waals surface area contributed by atoms with Crippen molar-refractivity contribution in [1.82, 2.24) is 0 Å². The number of rotatable bonds is 4. The van der Waals surface area contributed by atoms with Crippen molar-refractivity contribution in [3.8, 4) is 11.5 Å². The smallest absolute Gasteiger partial charge is 0.175 e. The average Bonchev–Trinajstić information content (AvgIpc) is 2.38. The summed E-state index contributed by atoms with van der Waals surface area (Å²) in [4.78, 5) is 0.222. The quantitative estimate of drug-likeness (QED) is 0.914. The number of ether oxygens (including phenoxy) is 1. The van der Waals surface area contributed by atoms with Crippen molar-refractivity contribution in [2.75, 3.05) is 6.26 Å². The molecule has 6 heteroatoms. The van der Waals surface area contributed by atoms with Gasteiger partial charge in [-0.05, 0) is 30.3 Å². The summed E-state index contributed by atoms with van der Waals surface area (Å²) in [6, 6.07) is 11.9. The molecule has 0 aromatic heterocycles. The zero-order valence-electron chi connectivity index (χ0n) is 10.8. The van der Waals surface area contributed by atoms with Crippen molar-refractivity contribution in [3.05, 3.63) is 52.5 Å². The fraction of sp³-hybridized carbons (Fsp3) is 0.143. The van der Waals surface area contributed by atoms with E-state index in [0.29, 0.717) is 18.0 Å². The minimum atomic E-state index is -3.26. The van der Waals surface area contributed by atoms with Gasteiger partial charge < -0.3 is 10.5 Å². The SMILES string of the molecule is CS(=O)(=O)c1cccc(Oc2cc(Br)ccc2CN)c1. The largest absolute Gasteiger partial charge is 0.457 e. The summed E-state index contributed by atoms with van der Waals surface area (Å²) in [6.07, 6.45) is 1.16. The highest BCUT2D eigenvalue weighted by Gasteiger charge is 2.10. The normalized spacial score (nSPS) is 11.3. The van der Waals surface area contributed by atoms with Crippen LogP contribution in [0.3, 0.4) is 0 Å². The molecule has 0 saturated carbocycles. The highest BCUT2D eigenvalue weighted by atomic mass is 79.9. The maximum Gasteiger partial charge on any atom is 0.175 e. The zero-order valence-corrected chi connectivity index (χ0v) is 13.2. The van der Waals surface area contributed by atoms with Crippen molar-refractivity contribution >= 4 is 25.8 Å². The second-order valence-electron chi connectivity index (χ2n) is 4.31. The van der Waals surface area contributed by atoms with E-state index >= 15 is 0 Å². The molecule has 0 atom stereocenters. The van der Waals surface area contributed by atoms with Crippen molar-refractivity contribution in [2.24, 2.45) is 5.73 Å². The molecule has 4 nitrogen and oxygen atoms in total. The van der Waals surface area contributed by atoms with Crippen molar-refractivity contribution < 1.29 is 13.2 Å². The molecule has 0 unspecified atom stereocenters. The lowest BCUT2D eigenvalue weighted by molar-refractivity contribution is 0.474. The van der Waals surface area contributed by atoms with Gasteiger partial charge in [0.25, 0.3) is 0 Å². The highest BCUT2D eigenvalue weighted by molar-refractivity contribution is 9.10. The first-order valence-electron chi connectivity index (χ1n) is 5.86. The van der Waals surface area contributed by atoms with E-state index in [4.69, 9.17) is 10.5 Å². The topological polar surface area (TPSA) is 69.4 Å². The fourth-order valence-electron chi connectivity index (χ4n) is 1.69. The average molecular weight is 356 g/mol. The Morgan fingerprint density at radius 1 is 1.20 bits per heavy atom. The second kappa shape index (κ2) is 5.95. The lowest BCUT2D eigenvalue weighted by Gasteiger charge is -2.11. The van der Waals surface area contributed by atoms with E-state index in [1.807, 2.05) is 12.1 Å². The molecular weight excluding hydrogens is 342 g/mol. The van der Waals surface area contributed by atoms with Gasteiger partial charge in [-0.25, -0.2) is 8.42 Å². The van der Waals surface area contributed by atoms with Gasteiger partial charge in [0.15, 0.2) is 9.84 Å². The summed E-state index contributed by atoms with van der Waals surface area (Å²) in [5.41, 5.74) is 6.51. The van der Waals surface area contributed by atoms with Gasteiger partial charge in [0.1, 0.15) is 11.5 Å². The Balaban J connectivity index is 2.38. The van der Waals surface area contributed by atoms with Crippen LogP contribution in [0.2, 0.25) is 0 Å². The summed E-state index contributed by atoms with van der Waals surface area (Å²) in [7, 11) is -3.26. The first kappa shape index (κ1) is 15.0. The lowest BCUT2D eigenvalue weighted by atomic mass is 10.2. The van der Waals surface area contributed by atoms with Crippen molar-refractivity contribution in [1.29, 1.82) is 0 Å². The number of benzene rings is 2. The summed E-state index contributed by atoms with van der Waals surface area (Å²) in [5, 5.41) is 0. The fourth-order valence-corrected chi connectivity index (χ4v) is 2.68. The van der Waals surface area contributed by atoms with E-state index in [1.165, 1.54) is 12.1 Å². The van der Waals surface area contributed by atoms with Gasteiger partial charge in [0.05, 0.1) is 4.90 Å². The molecule has 0 radical (unpaired) electrons. The molecule has 0 aliphatic rings. The van der Waals surface area contributed by atoms with Crippen LogP contribution in [0.25, 0.3) is 0 Å². The summed E-state index contributed by atoms with van der Waals surface area (Å²) in [6.45, 7) is 0.342. The number of hydrogen-bond acceptors (Lipinski definition) is 4. The van der Waals surface area contributed by atoms with E-state index in [9.17, 15) is 8.42 Å². The lowest BCUT2D eigenvalue weighted by Crippen LogP contribution is -2.00. The first-order valence-corrected chi connectivity index (χ1v) is 8.55. The third-order valence-electron chi connectivity index (χ3n) is 2.71. The molecule has 2 N–H and O–H groups in total. The predicted molar refractivity (Wildman–Crippen MR) is 81.7 cm³/mol. The zero-order chi connectivity index (χ0) is 14.8. The maximum absolute atomic E-state index is 11.5. The molecule has 2 aromatic rings.